The van der Waals surface area contributed by atoms with E-state index in [1.54, 1.807) is 0 Å². The number of hydrogen-bond donors (Lipinski definition) is 1. The van der Waals surface area contributed by atoms with Crippen LogP contribution in [-0.4, -0.2) is 51.5 Å². The Kier molecular flexibility index (Phi) is 3.35. The van der Waals surface area contributed by atoms with Crippen LogP contribution in [0.4, 0.5) is 0 Å². The van der Waals surface area contributed by atoms with Crippen LogP contribution in [0, 0.1) is 11.8 Å². The summed E-state index contributed by atoms with van der Waals surface area (Å²) >= 11 is 0. The largest absolute Gasteiger partial charge is 0.396 e. The first kappa shape index (κ1) is 12.1. The molecule has 1 saturated heterocycles. The summed E-state index contributed by atoms with van der Waals surface area (Å²) in [7, 11) is 2.18. The molecule has 3 rings (SSSR count). The van der Waals surface area contributed by atoms with Crippen molar-refractivity contribution in [3.05, 3.63) is 11.6 Å². The Labute approximate surface area is 108 Å². The minimum atomic E-state index is 0.266. The fraction of sp³-hybridized carbons (Fsp3) is 0.846. The highest BCUT2D eigenvalue weighted by molar-refractivity contribution is 4.98. The van der Waals surface area contributed by atoms with Crippen molar-refractivity contribution in [3.63, 3.8) is 0 Å². The lowest BCUT2D eigenvalue weighted by Gasteiger charge is -2.19. The predicted molar refractivity (Wildman–Crippen MR) is 68.2 cm³/mol. The van der Waals surface area contributed by atoms with Gasteiger partial charge in [-0.2, -0.15) is 5.10 Å². The standard InChI is InChI=1S/C13H22N4O/c1-16-5-4-10(7-16)6-12-14-13-3-2-11(9-18)8-17(13)15-12/h10-11,18H,2-9H2,1H3. The second-order valence-corrected chi connectivity index (χ2v) is 5.83. The molecule has 0 amide bonds. The first-order chi connectivity index (χ1) is 8.74. The third-order valence-corrected chi connectivity index (χ3v) is 4.22. The van der Waals surface area contributed by atoms with Gasteiger partial charge in [0.15, 0.2) is 5.82 Å². The molecular weight excluding hydrogens is 228 g/mol. The van der Waals surface area contributed by atoms with Crippen LogP contribution in [0.1, 0.15) is 24.5 Å². The summed E-state index contributed by atoms with van der Waals surface area (Å²) in [6.45, 7) is 3.47. The third kappa shape index (κ3) is 2.42. The molecule has 5 nitrogen and oxygen atoms in total. The summed E-state index contributed by atoms with van der Waals surface area (Å²) in [6.07, 6.45) is 4.28. The molecule has 0 bridgehead atoms. The van der Waals surface area contributed by atoms with Crippen LogP contribution in [0.25, 0.3) is 0 Å². The van der Waals surface area contributed by atoms with Gasteiger partial charge in [-0.3, -0.25) is 0 Å². The normalized spacial score (nSPS) is 28.6. The third-order valence-electron chi connectivity index (χ3n) is 4.22. The molecule has 0 radical (unpaired) electrons. The molecule has 5 heteroatoms. The molecule has 2 aliphatic rings. The number of fused-ring (bicyclic) bond motifs is 1. The van der Waals surface area contributed by atoms with Crippen LogP contribution in [0.2, 0.25) is 0 Å². The molecule has 1 aromatic heterocycles. The van der Waals surface area contributed by atoms with E-state index in [0.29, 0.717) is 11.8 Å². The number of hydrogen-bond acceptors (Lipinski definition) is 4. The van der Waals surface area contributed by atoms with Gasteiger partial charge < -0.3 is 10.0 Å². The van der Waals surface area contributed by atoms with Crippen LogP contribution in [0.5, 0.6) is 0 Å². The zero-order valence-corrected chi connectivity index (χ0v) is 11.0. The predicted octanol–water partition coefficient (Wildman–Crippen LogP) is 0.327. The van der Waals surface area contributed by atoms with E-state index in [-0.39, 0.29) is 6.61 Å². The Morgan fingerprint density at radius 3 is 2.89 bits per heavy atom. The fourth-order valence-electron chi connectivity index (χ4n) is 3.11. The number of aromatic nitrogens is 3. The van der Waals surface area contributed by atoms with Gasteiger partial charge in [0.1, 0.15) is 5.82 Å². The van der Waals surface area contributed by atoms with E-state index in [1.807, 2.05) is 4.68 Å². The van der Waals surface area contributed by atoms with Crippen molar-refractivity contribution in [1.29, 1.82) is 0 Å². The van der Waals surface area contributed by atoms with E-state index < -0.39 is 0 Å². The van der Waals surface area contributed by atoms with E-state index in [2.05, 4.69) is 22.0 Å². The highest BCUT2D eigenvalue weighted by Gasteiger charge is 2.24. The molecule has 100 valence electrons. The molecular formula is C13H22N4O. The Morgan fingerprint density at radius 2 is 2.17 bits per heavy atom. The minimum Gasteiger partial charge on any atom is -0.396 e. The maximum atomic E-state index is 9.22. The molecule has 3 heterocycles. The molecule has 2 unspecified atom stereocenters. The molecule has 2 atom stereocenters. The Bertz CT molecular complexity index is 417. The number of nitrogens with zero attached hydrogens (tertiary/aromatic N) is 4. The van der Waals surface area contributed by atoms with Gasteiger partial charge in [-0.05, 0) is 32.4 Å². The molecule has 0 saturated carbocycles. The summed E-state index contributed by atoms with van der Waals surface area (Å²) in [6, 6.07) is 0. The average Bonchev–Trinajstić information content (AvgIpc) is 2.94. The molecule has 0 spiro atoms. The highest BCUT2D eigenvalue weighted by Crippen LogP contribution is 2.21. The smallest absolute Gasteiger partial charge is 0.151 e. The van der Waals surface area contributed by atoms with Crippen molar-refractivity contribution >= 4 is 0 Å². The van der Waals surface area contributed by atoms with Gasteiger partial charge >= 0.3 is 0 Å². The van der Waals surface area contributed by atoms with Gasteiger partial charge in [0.05, 0.1) is 0 Å². The van der Waals surface area contributed by atoms with Crippen LogP contribution in [0.3, 0.4) is 0 Å². The van der Waals surface area contributed by atoms with Crippen molar-refractivity contribution in [2.24, 2.45) is 11.8 Å². The number of aliphatic hydroxyl groups is 1. The van der Waals surface area contributed by atoms with E-state index in [4.69, 9.17) is 0 Å². The lowest BCUT2D eigenvalue weighted by molar-refractivity contribution is 0.185. The molecule has 1 aromatic rings. The van der Waals surface area contributed by atoms with E-state index >= 15 is 0 Å². The van der Waals surface area contributed by atoms with Gasteiger partial charge in [-0.25, -0.2) is 9.67 Å². The topological polar surface area (TPSA) is 54.2 Å². The maximum Gasteiger partial charge on any atom is 0.151 e. The van der Waals surface area contributed by atoms with Crippen molar-refractivity contribution < 1.29 is 5.11 Å². The van der Waals surface area contributed by atoms with Crippen molar-refractivity contribution in [1.82, 2.24) is 19.7 Å². The van der Waals surface area contributed by atoms with E-state index in [9.17, 15) is 5.11 Å². The van der Waals surface area contributed by atoms with Gasteiger partial charge in [0.25, 0.3) is 0 Å². The van der Waals surface area contributed by atoms with Gasteiger partial charge in [-0.15, -0.1) is 0 Å². The molecule has 0 aromatic carbocycles. The van der Waals surface area contributed by atoms with Crippen molar-refractivity contribution in [2.45, 2.75) is 32.2 Å². The van der Waals surface area contributed by atoms with Crippen molar-refractivity contribution in [2.75, 3.05) is 26.7 Å². The molecule has 2 aliphatic heterocycles. The first-order valence-electron chi connectivity index (χ1n) is 6.96. The Morgan fingerprint density at radius 1 is 1.28 bits per heavy atom. The maximum absolute atomic E-state index is 9.22. The molecule has 1 N–H and O–H groups in total. The molecule has 0 aliphatic carbocycles. The Hall–Kier alpha value is -0.940. The highest BCUT2D eigenvalue weighted by atomic mass is 16.3. The lowest BCUT2D eigenvalue weighted by atomic mass is 10.0. The molecule has 18 heavy (non-hydrogen) atoms. The second kappa shape index (κ2) is 4.97. The summed E-state index contributed by atoms with van der Waals surface area (Å²) in [5, 5.41) is 13.8. The number of aliphatic hydroxyl groups excluding tert-OH is 1. The zero-order valence-electron chi connectivity index (χ0n) is 11.0. The molecule has 1 fully saturated rings. The van der Waals surface area contributed by atoms with E-state index in [0.717, 1.165) is 37.5 Å². The SMILES string of the molecule is CN1CCC(Cc2nc3n(n2)CC(CO)CC3)C1. The van der Waals surface area contributed by atoms with Crippen molar-refractivity contribution in [3.8, 4) is 0 Å². The Balaban J connectivity index is 1.66. The fourth-order valence-corrected chi connectivity index (χ4v) is 3.11. The van der Waals surface area contributed by atoms with E-state index in [1.165, 1.54) is 19.5 Å². The first-order valence-corrected chi connectivity index (χ1v) is 6.96. The quantitative estimate of drug-likeness (QED) is 0.840. The summed E-state index contributed by atoms with van der Waals surface area (Å²) in [4.78, 5) is 7.04. The zero-order chi connectivity index (χ0) is 12.5. The van der Waals surface area contributed by atoms with Crippen LogP contribution in [0.15, 0.2) is 0 Å². The monoisotopic (exact) mass is 250 g/mol. The van der Waals surface area contributed by atoms with Gasteiger partial charge in [0, 0.05) is 38.5 Å². The number of likely N-dealkylation sites (tertiary alicyclic amines) is 1. The summed E-state index contributed by atoms with van der Waals surface area (Å²) in [5.74, 6) is 3.20. The van der Waals surface area contributed by atoms with Crippen LogP contribution < -0.4 is 0 Å². The van der Waals surface area contributed by atoms with Crippen LogP contribution >= 0.6 is 0 Å². The second-order valence-electron chi connectivity index (χ2n) is 5.83. The van der Waals surface area contributed by atoms with Gasteiger partial charge in [0.2, 0.25) is 0 Å². The number of aryl methyl sites for hydroxylation is 1. The minimum absolute atomic E-state index is 0.266. The average molecular weight is 250 g/mol. The lowest BCUT2D eigenvalue weighted by Crippen LogP contribution is -2.23. The number of rotatable bonds is 3. The van der Waals surface area contributed by atoms with Gasteiger partial charge in [-0.1, -0.05) is 0 Å². The summed E-state index contributed by atoms with van der Waals surface area (Å²) < 4.78 is 2.01. The summed E-state index contributed by atoms with van der Waals surface area (Å²) in [5.41, 5.74) is 0. The van der Waals surface area contributed by atoms with Crippen LogP contribution in [-0.2, 0) is 19.4 Å².